The number of hydrogen-bond acceptors (Lipinski definition) is 9. The molecule has 14 heteroatoms. The SMILES string of the molecule is COc1ncc(C2CN([C@@H](C)C(=O)Nc3nc4cc5c(cc4s3)OC(F)(F)O5)CCC2(F)F)cc1C=O. The van der Waals surface area contributed by atoms with Crippen molar-refractivity contribution in [2.24, 2.45) is 0 Å². The van der Waals surface area contributed by atoms with Gasteiger partial charge in [-0.1, -0.05) is 11.3 Å². The fraction of sp³-hybridized carbons (Fsp3) is 0.391. The first-order valence-corrected chi connectivity index (χ1v) is 11.9. The molecule has 1 aromatic carbocycles. The number of halogens is 4. The zero-order valence-electron chi connectivity index (χ0n) is 19.5. The van der Waals surface area contributed by atoms with Gasteiger partial charge in [0.1, 0.15) is 0 Å². The standard InChI is InChI=1S/C23H20F4N4O5S/c1-11(19(33)30-21-29-15-6-16-17(7-18(15)37-21)36-23(26,27)35-16)31-4-3-22(24,25)14(9-31)12-5-13(10-32)20(34-2)28-8-12/h5-8,10-11,14H,3-4,9H2,1-2H3,(H,29,30,33)/t11-,14?/m0/s1. The van der Waals surface area contributed by atoms with Crippen LogP contribution in [0, 0.1) is 0 Å². The molecule has 0 radical (unpaired) electrons. The predicted octanol–water partition coefficient (Wildman–Crippen LogP) is 4.29. The van der Waals surface area contributed by atoms with E-state index >= 15 is 0 Å². The summed E-state index contributed by atoms with van der Waals surface area (Å²) < 4.78 is 70.6. The van der Waals surface area contributed by atoms with Gasteiger partial charge in [0.05, 0.1) is 34.8 Å². The monoisotopic (exact) mass is 540 g/mol. The molecule has 5 rings (SSSR count). The summed E-state index contributed by atoms with van der Waals surface area (Å²) in [6.07, 6.45) is -2.51. The molecule has 0 saturated carbocycles. The third kappa shape index (κ3) is 4.78. The van der Waals surface area contributed by atoms with Crippen LogP contribution >= 0.6 is 11.3 Å². The molecule has 1 unspecified atom stereocenters. The summed E-state index contributed by atoms with van der Waals surface area (Å²) in [5, 5.41) is 2.87. The zero-order valence-corrected chi connectivity index (χ0v) is 20.3. The number of nitrogens with one attached hydrogen (secondary N) is 1. The van der Waals surface area contributed by atoms with Crippen LogP contribution in [0.2, 0.25) is 0 Å². The quantitative estimate of drug-likeness (QED) is 0.365. The van der Waals surface area contributed by atoms with Gasteiger partial charge < -0.3 is 19.5 Å². The number of aldehydes is 1. The van der Waals surface area contributed by atoms with Crippen molar-refractivity contribution in [3.63, 3.8) is 0 Å². The third-order valence-electron chi connectivity index (χ3n) is 6.35. The maximum atomic E-state index is 14.9. The van der Waals surface area contributed by atoms with Gasteiger partial charge in [-0.2, -0.15) is 0 Å². The molecule has 1 N–H and O–H groups in total. The Morgan fingerprint density at radius 2 is 2.00 bits per heavy atom. The van der Waals surface area contributed by atoms with E-state index in [1.54, 1.807) is 11.8 Å². The molecule has 1 saturated heterocycles. The number of carbonyl (C=O) groups is 2. The maximum Gasteiger partial charge on any atom is 0.586 e. The number of benzene rings is 1. The normalized spacial score (nSPS) is 21.0. The summed E-state index contributed by atoms with van der Waals surface area (Å²) in [5.41, 5.74) is 0.545. The number of methoxy groups -OCH3 is 1. The molecule has 2 aliphatic heterocycles. The molecule has 2 aromatic heterocycles. The van der Waals surface area contributed by atoms with Crippen LogP contribution in [0.3, 0.4) is 0 Å². The van der Waals surface area contributed by atoms with Gasteiger partial charge in [-0.05, 0) is 18.6 Å². The van der Waals surface area contributed by atoms with E-state index in [0.717, 1.165) is 11.3 Å². The van der Waals surface area contributed by atoms with E-state index in [1.807, 2.05) is 0 Å². The lowest BCUT2D eigenvalue weighted by Gasteiger charge is -2.40. The highest BCUT2D eigenvalue weighted by Crippen LogP contribution is 2.45. The lowest BCUT2D eigenvalue weighted by molar-refractivity contribution is -0.286. The molecule has 0 spiro atoms. The lowest BCUT2D eigenvalue weighted by Crippen LogP contribution is -2.52. The Balaban J connectivity index is 1.31. The number of rotatable bonds is 6. The topological polar surface area (TPSA) is 103 Å². The number of pyridine rings is 1. The lowest BCUT2D eigenvalue weighted by atomic mass is 9.86. The molecular formula is C23H20F4N4O5S. The Morgan fingerprint density at radius 3 is 2.70 bits per heavy atom. The van der Waals surface area contributed by atoms with Crippen molar-refractivity contribution in [3.05, 3.63) is 35.5 Å². The smallest absolute Gasteiger partial charge is 0.480 e. The van der Waals surface area contributed by atoms with Crippen LogP contribution in [-0.4, -0.2) is 65.5 Å². The highest BCUT2D eigenvalue weighted by Gasteiger charge is 2.47. The summed E-state index contributed by atoms with van der Waals surface area (Å²) >= 11 is 1.05. The van der Waals surface area contributed by atoms with Gasteiger partial charge in [-0.3, -0.25) is 14.5 Å². The molecule has 0 bridgehead atoms. The van der Waals surface area contributed by atoms with Crippen LogP contribution in [-0.2, 0) is 4.79 Å². The van der Waals surface area contributed by atoms with Gasteiger partial charge in [0.15, 0.2) is 22.9 Å². The van der Waals surface area contributed by atoms with Gasteiger partial charge in [0.25, 0.3) is 5.92 Å². The number of piperidine rings is 1. The maximum absolute atomic E-state index is 14.9. The molecule has 2 atom stereocenters. The highest BCUT2D eigenvalue weighted by atomic mass is 32.1. The molecule has 196 valence electrons. The van der Waals surface area contributed by atoms with E-state index in [9.17, 15) is 27.2 Å². The number of nitrogens with zero attached hydrogens (tertiary/aromatic N) is 3. The average Bonchev–Trinajstić information content (AvgIpc) is 3.37. The van der Waals surface area contributed by atoms with Crippen molar-refractivity contribution in [2.45, 2.75) is 37.5 Å². The predicted molar refractivity (Wildman–Crippen MR) is 124 cm³/mol. The number of amides is 1. The molecule has 1 amide bonds. The van der Waals surface area contributed by atoms with E-state index in [-0.39, 0.29) is 46.7 Å². The Hall–Kier alpha value is -3.52. The number of ether oxygens (including phenoxy) is 3. The third-order valence-corrected chi connectivity index (χ3v) is 7.28. The Morgan fingerprint density at radius 1 is 1.27 bits per heavy atom. The largest absolute Gasteiger partial charge is 0.586 e. The van der Waals surface area contributed by atoms with Gasteiger partial charge in [0, 0.05) is 37.8 Å². The second kappa shape index (κ2) is 9.10. The minimum absolute atomic E-state index is 0.0301. The van der Waals surface area contributed by atoms with Crippen molar-refractivity contribution >= 4 is 38.9 Å². The van der Waals surface area contributed by atoms with Crippen molar-refractivity contribution in [3.8, 4) is 17.4 Å². The Kier molecular flexibility index (Phi) is 6.18. The van der Waals surface area contributed by atoms with Gasteiger partial charge in [-0.25, -0.2) is 18.7 Å². The van der Waals surface area contributed by atoms with Crippen LogP contribution in [0.5, 0.6) is 17.4 Å². The van der Waals surface area contributed by atoms with Crippen molar-refractivity contribution in [1.29, 1.82) is 0 Å². The number of alkyl halides is 4. The van der Waals surface area contributed by atoms with Crippen LogP contribution in [0.15, 0.2) is 24.4 Å². The summed E-state index contributed by atoms with van der Waals surface area (Å²) in [6.45, 7) is 1.41. The number of hydrogen-bond donors (Lipinski definition) is 1. The number of aromatic nitrogens is 2. The van der Waals surface area contributed by atoms with E-state index in [0.29, 0.717) is 16.5 Å². The number of likely N-dealkylation sites (tertiary alicyclic amines) is 1. The molecule has 1 fully saturated rings. The van der Waals surface area contributed by atoms with Crippen LogP contribution in [0.1, 0.15) is 35.2 Å². The minimum atomic E-state index is -3.75. The molecular weight excluding hydrogens is 520 g/mol. The Bertz CT molecular complexity index is 1340. The van der Waals surface area contributed by atoms with Gasteiger partial charge in [0.2, 0.25) is 11.8 Å². The second-order valence-corrected chi connectivity index (χ2v) is 9.69. The highest BCUT2D eigenvalue weighted by molar-refractivity contribution is 7.22. The van der Waals surface area contributed by atoms with Crippen LogP contribution < -0.4 is 19.5 Å². The van der Waals surface area contributed by atoms with E-state index < -0.39 is 36.5 Å². The molecule has 3 aromatic rings. The zero-order chi connectivity index (χ0) is 26.5. The summed E-state index contributed by atoms with van der Waals surface area (Å²) in [6, 6.07) is 3.16. The second-order valence-electron chi connectivity index (χ2n) is 8.66. The van der Waals surface area contributed by atoms with Crippen LogP contribution in [0.4, 0.5) is 22.7 Å². The first-order chi connectivity index (χ1) is 17.5. The van der Waals surface area contributed by atoms with E-state index in [1.165, 1.54) is 31.5 Å². The molecule has 37 heavy (non-hydrogen) atoms. The average molecular weight is 540 g/mol. The molecule has 0 aliphatic carbocycles. The van der Waals surface area contributed by atoms with Crippen molar-refractivity contribution in [2.75, 3.05) is 25.5 Å². The van der Waals surface area contributed by atoms with E-state index in [4.69, 9.17) is 4.74 Å². The first kappa shape index (κ1) is 25.1. The van der Waals surface area contributed by atoms with Gasteiger partial charge >= 0.3 is 6.29 Å². The number of anilines is 1. The Labute approximate surface area is 211 Å². The fourth-order valence-electron chi connectivity index (χ4n) is 4.36. The number of thiazole rings is 1. The van der Waals surface area contributed by atoms with Gasteiger partial charge in [-0.15, -0.1) is 8.78 Å². The van der Waals surface area contributed by atoms with Crippen molar-refractivity contribution in [1.82, 2.24) is 14.9 Å². The molecule has 4 heterocycles. The molecule has 2 aliphatic rings. The van der Waals surface area contributed by atoms with Crippen LogP contribution in [0.25, 0.3) is 10.2 Å². The summed E-state index contributed by atoms with van der Waals surface area (Å²) in [7, 11) is 1.32. The van der Waals surface area contributed by atoms with Crippen molar-refractivity contribution < 1.29 is 41.4 Å². The fourth-order valence-corrected chi connectivity index (χ4v) is 5.24. The summed E-state index contributed by atoms with van der Waals surface area (Å²) in [5.74, 6) is -5.11. The number of carbonyl (C=O) groups excluding carboxylic acids is 2. The summed E-state index contributed by atoms with van der Waals surface area (Å²) in [4.78, 5) is 34.1. The number of fused-ring (bicyclic) bond motifs is 2. The first-order valence-electron chi connectivity index (χ1n) is 11.1. The molecule has 9 nitrogen and oxygen atoms in total. The van der Waals surface area contributed by atoms with E-state index in [2.05, 4.69) is 24.8 Å². The minimum Gasteiger partial charge on any atom is -0.480 e.